The Morgan fingerprint density at radius 3 is 0.979 bits per heavy atom. The summed E-state index contributed by atoms with van der Waals surface area (Å²) in [6, 6.07) is 143. The molecule has 0 aliphatic carbocycles. The molecule has 24 rings (SSSR count). The number of nitrogens with one attached hydrogen (secondary N) is 2. The van der Waals surface area contributed by atoms with Crippen molar-refractivity contribution in [2.75, 3.05) is 19.8 Å². The van der Waals surface area contributed by atoms with Crippen LogP contribution >= 0.6 is 40.5 Å². The number of nitro groups is 2. The number of aromatic amines is 2. The summed E-state index contributed by atoms with van der Waals surface area (Å²) < 4.78 is 38.6. The molecule has 0 atom stereocenters. The Morgan fingerprint density at radius 2 is 0.625 bits per heavy atom. The molecule has 21 nitrogen and oxygen atoms in total. The van der Waals surface area contributed by atoms with E-state index >= 15 is 0 Å². The SMILES string of the molecule is Brc1ccccc1.CC1(C)OB(c2cccc3c2nc(-c2ccccc2)n3-c2ccccc2)OC1(C)C.CCOP(OCC)OCC.F.O=[N+]([O-])c1ccccc1-c1cccc2c1nc(-c1ccccc1)n2-c1ccccc1.O=[N+]([O-])c1ccccc1Br.c1ccc(-c2nc3c4c(ccc3n2-c2ccccc2)[nH]c2ccccc24)cc1.c1ccc(-c2nc3c4c(ccc3n2-c2ccccc2)[nH]c2ccccc24)cc1. The second-order valence-corrected chi connectivity index (χ2v) is 37.2. The zero-order valence-electron chi connectivity index (χ0n) is 79.9. The van der Waals surface area contributed by atoms with Gasteiger partial charge in [0.1, 0.15) is 23.3 Å². The molecule has 1 aliphatic heterocycles. The van der Waals surface area contributed by atoms with E-state index in [2.05, 4.69) is 300 Å². The maximum absolute atomic E-state index is 11.6. The number of para-hydroxylation sites is 10. The van der Waals surface area contributed by atoms with E-state index in [1.807, 2.05) is 197 Å². The molecule has 1 aliphatic rings. The normalized spacial score (nSPS) is 12.2. The minimum Gasteiger partial charge on any atom is -0.399 e. The van der Waals surface area contributed by atoms with Gasteiger partial charge >= 0.3 is 15.7 Å². The average molecular weight is 2050 g/mol. The van der Waals surface area contributed by atoms with Crippen LogP contribution in [-0.4, -0.2) is 96.2 Å². The Hall–Kier alpha value is -15.8. The zero-order chi connectivity index (χ0) is 98.9. The van der Waals surface area contributed by atoms with Crippen molar-refractivity contribution in [1.82, 2.24) is 48.2 Å². The third-order valence-corrected chi connectivity index (χ3v) is 27.2. The van der Waals surface area contributed by atoms with Crippen molar-refractivity contribution in [3.8, 4) is 79.4 Å². The lowest BCUT2D eigenvalue weighted by molar-refractivity contribution is -0.385. The van der Waals surface area contributed by atoms with Crippen LogP contribution in [0, 0.1) is 20.2 Å². The molecule has 0 amide bonds. The quantitative estimate of drug-likeness (QED) is 0.0352. The average Bonchev–Trinajstić information content (AvgIpc) is 1.58. The van der Waals surface area contributed by atoms with Gasteiger partial charge in [-0.3, -0.25) is 43.2 Å². The predicted molar refractivity (Wildman–Crippen MR) is 592 cm³/mol. The molecule has 0 unspecified atom stereocenters. The van der Waals surface area contributed by atoms with Crippen molar-refractivity contribution in [3.63, 3.8) is 0 Å². The fraction of sp³-hybridized carbons (Fsp3) is 0.102. The fourth-order valence-electron chi connectivity index (χ4n) is 17.3. The molecule has 716 valence electrons. The number of rotatable bonds is 18. The lowest BCUT2D eigenvalue weighted by atomic mass is 9.78. The molecule has 2 N–H and O–H groups in total. The van der Waals surface area contributed by atoms with Crippen molar-refractivity contribution in [1.29, 1.82) is 0 Å². The van der Waals surface area contributed by atoms with Crippen LogP contribution < -0.4 is 5.46 Å². The van der Waals surface area contributed by atoms with Crippen molar-refractivity contribution in [2.24, 2.45) is 0 Å². The highest BCUT2D eigenvalue weighted by molar-refractivity contribution is 9.10. The summed E-state index contributed by atoms with van der Waals surface area (Å²) >= 11 is 6.37. The van der Waals surface area contributed by atoms with Gasteiger partial charge in [-0.15, -0.1) is 0 Å². The summed E-state index contributed by atoms with van der Waals surface area (Å²) in [6.45, 7) is 16.0. The molecule has 1 saturated heterocycles. The van der Waals surface area contributed by atoms with Crippen molar-refractivity contribution >= 4 is 152 Å². The first-order valence-corrected chi connectivity index (χ1v) is 49.7. The molecule has 26 heteroatoms. The Bertz CT molecular complexity index is 8070. The van der Waals surface area contributed by atoms with Gasteiger partial charge in [0.05, 0.1) is 95.0 Å². The first kappa shape index (κ1) is 99.8. The van der Waals surface area contributed by atoms with E-state index in [4.69, 9.17) is 42.8 Å². The maximum atomic E-state index is 11.6. The van der Waals surface area contributed by atoms with Crippen LogP contribution in [0.25, 0.3) is 167 Å². The summed E-state index contributed by atoms with van der Waals surface area (Å²) in [6.07, 6.45) is 0. The number of aromatic nitrogens is 10. The molecule has 23 aromatic rings. The molecule has 7 heterocycles. The highest BCUT2D eigenvalue weighted by Gasteiger charge is 2.52. The Balaban J connectivity index is 0.000000121. The monoisotopic (exact) mass is 2050 g/mol. The molecule has 0 saturated carbocycles. The third-order valence-electron chi connectivity index (χ3n) is 24.6. The van der Waals surface area contributed by atoms with Gasteiger partial charge in [-0.25, -0.2) is 19.9 Å². The van der Waals surface area contributed by atoms with Gasteiger partial charge in [-0.1, -0.05) is 313 Å². The number of hydrogen-bond acceptors (Lipinski definition) is 13. The highest BCUT2D eigenvalue weighted by atomic mass is 79.9. The molecule has 6 aromatic heterocycles. The van der Waals surface area contributed by atoms with E-state index in [0.717, 1.165) is 150 Å². The van der Waals surface area contributed by atoms with Gasteiger partial charge in [0.15, 0.2) is 0 Å². The highest BCUT2D eigenvalue weighted by Crippen LogP contribution is 2.44. The van der Waals surface area contributed by atoms with Crippen molar-refractivity contribution in [2.45, 2.75) is 59.7 Å². The fourth-order valence-corrected chi connectivity index (χ4v) is 18.9. The summed E-state index contributed by atoms with van der Waals surface area (Å²) in [5.41, 5.74) is 22.5. The molecule has 17 aromatic carbocycles. The number of fused-ring (bicyclic) bond motifs is 12. The van der Waals surface area contributed by atoms with Crippen LogP contribution in [0.3, 0.4) is 0 Å². The van der Waals surface area contributed by atoms with Crippen LogP contribution in [0.4, 0.5) is 16.1 Å². The minimum absolute atomic E-state index is 0. The van der Waals surface area contributed by atoms with Gasteiger partial charge in [0.2, 0.25) is 0 Å². The number of benzene rings is 17. The lowest BCUT2D eigenvalue weighted by Gasteiger charge is -2.32. The van der Waals surface area contributed by atoms with Gasteiger partial charge in [0.25, 0.3) is 11.4 Å². The minimum atomic E-state index is -1.06. The van der Waals surface area contributed by atoms with E-state index in [1.165, 1.54) is 33.7 Å². The standard InChI is InChI=1S/C25H25BN2O2.C25H17N3O2.2C25H17N3.C6H4BrNO2.C6H5Br.C6H15O3P.FH/c1-24(2)25(3,4)30-26(29-24)20-16-11-17-21-22(20)27-23(18-12-7-5-8-13-18)28(21)19-14-9-6-10-15-19;29-28(30)22-16-8-7-14-20(22)21-15-9-17-23-24(21)26-25(18-10-3-1-4-11-18)27(23)19-12-5-2-6-13-19;2*1-3-9-17(10-4-1)25-27-24-22(28(25)18-11-5-2-6-12-18)16-15-21-23(24)19-13-7-8-14-20(19)26-21;7-5-3-1-2-4-6(5)8(9)10;7-6-4-2-1-3-5-6;1-4-7-10(8-5-2)9-6-3;/h5-17H,1-4H3;1-17H;2*1-16,26H;1-4H;1-5H;4-6H2,1-3H3;1H. The molecule has 0 radical (unpaired) electrons. The number of hydrogen-bond donors (Lipinski definition) is 2. The number of imidazole rings is 4. The molecule has 1 fully saturated rings. The Kier molecular flexibility index (Phi) is 31.8. The van der Waals surface area contributed by atoms with E-state index in [9.17, 15) is 20.2 Å². The second-order valence-electron chi connectivity index (χ2n) is 34.2. The van der Waals surface area contributed by atoms with Crippen LogP contribution in [0.2, 0.25) is 0 Å². The Labute approximate surface area is 850 Å². The number of halogens is 3. The summed E-state index contributed by atoms with van der Waals surface area (Å²) in [5, 5.41) is 26.6. The van der Waals surface area contributed by atoms with Gasteiger partial charge in [-0.2, -0.15) is 0 Å². The summed E-state index contributed by atoms with van der Waals surface area (Å²) in [4.78, 5) is 48.5. The third kappa shape index (κ3) is 21.7. The van der Waals surface area contributed by atoms with E-state index in [1.54, 1.807) is 30.3 Å². The largest absolute Gasteiger partial charge is 0.497 e. The smallest absolute Gasteiger partial charge is 0.399 e. The van der Waals surface area contributed by atoms with Crippen LogP contribution in [-0.2, 0) is 22.9 Å². The van der Waals surface area contributed by atoms with Gasteiger partial charge in [0, 0.05) is 116 Å². The first-order chi connectivity index (χ1) is 69.9. The molecule has 144 heavy (non-hydrogen) atoms. The van der Waals surface area contributed by atoms with Crippen LogP contribution in [0.15, 0.2) is 440 Å². The van der Waals surface area contributed by atoms with Crippen molar-refractivity contribution < 1.29 is 37.4 Å². The van der Waals surface area contributed by atoms with Crippen LogP contribution in [0.1, 0.15) is 48.5 Å². The number of nitrogens with zero attached hydrogens (tertiary/aromatic N) is 10. The second kappa shape index (κ2) is 45.9. The molecule has 0 bridgehead atoms. The molecule has 0 spiro atoms. The number of H-pyrrole nitrogens is 2. The lowest BCUT2D eigenvalue weighted by Crippen LogP contribution is -2.41. The van der Waals surface area contributed by atoms with Gasteiger partial charge < -0.3 is 32.8 Å². The summed E-state index contributed by atoms with van der Waals surface area (Å²) in [7, 11) is -1.52. The molecular formula is C118H101BBr2FN12O9P. The predicted octanol–water partition coefficient (Wildman–Crippen LogP) is 31.2. The maximum Gasteiger partial charge on any atom is 0.497 e. The van der Waals surface area contributed by atoms with E-state index in [-0.39, 0.29) is 21.0 Å². The van der Waals surface area contributed by atoms with E-state index < -0.39 is 31.8 Å². The first-order valence-electron chi connectivity index (χ1n) is 47.0. The van der Waals surface area contributed by atoms with Crippen molar-refractivity contribution in [3.05, 3.63) is 460 Å². The van der Waals surface area contributed by atoms with E-state index in [0.29, 0.717) is 29.9 Å². The van der Waals surface area contributed by atoms with Crippen LogP contribution in [0.5, 0.6) is 0 Å². The topological polar surface area (TPSA) is 235 Å². The summed E-state index contributed by atoms with van der Waals surface area (Å²) in [5.74, 6) is 3.61. The zero-order valence-corrected chi connectivity index (χ0v) is 84.0. The Morgan fingerprint density at radius 1 is 0.326 bits per heavy atom. The van der Waals surface area contributed by atoms with Gasteiger partial charge in [-0.05, 0) is 186 Å². The molecular weight excluding hydrogens is 1950 g/mol. The number of nitro benzene ring substituents is 2.